The van der Waals surface area contributed by atoms with Crippen LogP contribution in [-0.2, 0) is 4.79 Å². The zero-order valence-corrected chi connectivity index (χ0v) is 17.9. The first-order valence-electron chi connectivity index (χ1n) is 11.7. The highest BCUT2D eigenvalue weighted by Gasteiger charge is 2.62. The smallest absolute Gasteiger partial charge is 0.303 e. The fourth-order valence-electron chi connectivity index (χ4n) is 8.73. The second-order valence-corrected chi connectivity index (χ2v) is 11.4. The highest BCUT2D eigenvalue weighted by atomic mass is 16.4. The molecule has 0 saturated heterocycles. The molecule has 2 unspecified atom stereocenters. The molecule has 4 aliphatic rings. The molecule has 0 heterocycles. The Morgan fingerprint density at radius 3 is 2.39 bits per heavy atom. The molecule has 4 nitrogen and oxygen atoms in total. The molecule has 10 atom stereocenters. The van der Waals surface area contributed by atoms with Gasteiger partial charge in [0.2, 0.25) is 0 Å². The van der Waals surface area contributed by atoms with E-state index in [9.17, 15) is 15.0 Å². The number of aliphatic carboxylic acids is 1. The van der Waals surface area contributed by atoms with Crippen molar-refractivity contribution >= 4 is 5.97 Å². The fraction of sp³-hybridized carbons (Fsp3) is 0.958. The summed E-state index contributed by atoms with van der Waals surface area (Å²) in [5, 5.41) is 30.5. The standard InChI is InChI=1S/C24H40O4/c1-14(4-7-21(27)28)17-5-6-18-22-19(9-11-24(17,18)3)23(2)10-8-16(25)12-15(23)13-20(22)26/h14-20,22,25-26H,4-13H2,1-3H3,(H,27,28)/t14-,15+,16-,17-,18?,19?,20+,22+,23+,24-/m1/s1. The summed E-state index contributed by atoms with van der Waals surface area (Å²) in [7, 11) is 0. The van der Waals surface area contributed by atoms with Crippen LogP contribution < -0.4 is 0 Å². The van der Waals surface area contributed by atoms with Gasteiger partial charge in [0.25, 0.3) is 0 Å². The van der Waals surface area contributed by atoms with E-state index in [-0.39, 0.29) is 29.5 Å². The third kappa shape index (κ3) is 3.14. The maximum atomic E-state index is 11.2. The molecule has 4 aliphatic carbocycles. The average molecular weight is 393 g/mol. The molecule has 28 heavy (non-hydrogen) atoms. The van der Waals surface area contributed by atoms with Gasteiger partial charge >= 0.3 is 5.97 Å². The molecule has 0 aromatic rings. The number of aliphatic hydroxyl groups is 2. The minimum Gasteiger partial charge on any atom is -0.481 e. The maximum absolute atomic E-state index is 11.2. The van der Waals surface area contributed by atoms with E-state index in [1.165, 1.54) is 25.7 Å². The van der Waals surface area contributed by atoms with E-state index in [0.717, 1.165) is 32.1 Å². The van der Waals surface area contributed by atoms with Crippen LogP contribution in [0.25, 0.3) is 0 Å². The van der Waals surface area contributed by atoms with Crippen molar-refractivity contribution in [2.45, 2.75) is 97.2 Å². The summed E-state index contributed by atoms with van der Waals surface area (Å²) in [5.41, 5.74) is 0.523. The lowest BCUT2D eigenvalue weighted by molar-refractivity contribution is -0.174. The predicted molar refractivity (Wildman–Crippen MR) is 109 cm³/mol. The van der Waals surface area contributed by atoms with Crippen LogP contribution in [0, 0.1) is 46.3 Å². The number of carboxylic acid groups (broad SMARTS) is 1. The van der Waals surface area contributed by atoms with Crippen molar-refractivity contribution in [3.05, 3.63) is 0 Å². The van der Waals surface area contributed by atoms with E-state index in [1.807, 2.05) is 0 Å². The van der Waals surface area contributed by atoms with Crippen molar-refractivity contribution in [1.82, 2.24) is 0 Å². The lowest BCUT2D eigenvalue weighted by atomic mass is 9.43. The van der Waals surface area contributed by atoms with Gasteiger partial charge in [-0.2, -0.15) is 0 Å². The summed E-state index contributed by atoms with van der Waals surface area (Å²) in [4.78, 5) is 11.1. The summed E-state index contributed by atoms with van der Waals surface area (Å²) in [6, 6.07) is 0. The Labute approximate surface area is 170 Å². The van der Waals surface area contributed by atoms with E-state index in [0.29, 0.717) is 35.5 Å². The first kappa shape index (κ1) is 20.7. The van der Waals surface area contributed by atoms with E-state index < -0.39 is 5.97 Å². The average Bonchev–Trinajstić information content (AvgIpc) is 2.98. The Kier molecular flexibility index (Phi) is 5.36. The van der Waals surface area contributed by atoms with Crippen LogP contribution in [0.3, 0.4) is 0 Å². The number of hydrogen-bond donors (Lipinski definition) is 3. The van der Waals surface area contributed by atoms with E-state index in [4.69, 9.17) is 5.11 Å². The first-order chi connectivity index (χ1) is 13.2. The van der Waals surface area contributed by atoms with Crippen molar-refractivity contribution in [3.63, 3.8) is 0 Å². The minimum absolute atomic E-state index is 0.179. The van der Waals surface area contributed by atoms with Crippen LogP contribution in [0.5, 0.6) is 0 Å². The summed E-state index contributed by atoms with van der Waals surface area (Å²) < 4.78 is 0. The number of rotatable bonds is 4. The number of carboxylic acids is 1. The molecule has 4 rings (SSSR count). The Bertz CT molecular complexity index is 605. The molecule has 0 aromatic heterocycles. The van der Waals surface area contributed by atoms with Crippen LogP contribution in [0.2, 0.25) is 0 Å². The maximum Gasteiger partial charge on any atom is 0.303 e. The molecule has 0 spiro atoms. The molecule has 0 radical (unpaired) electrons. The van der Waals surface area contributed by atoms with Crippen LogP contribution in [0.1, 0.15) is 85.0 Å². The van der Waals surface area contributed by atoms with Gasteiger partial charge in [0, 0.05) is 6.42 Å². The van der Waals surface area contributed by atoms with Gasteiger partial charge in [-0.05, 0) is 104 Å². The van der Waals surface area contributed by atoms with Gasteiger partial charge in [-0.15, -0.1) is 0 Å². The lowest BCUT2D eigenvalue weighted by Crippen LogP contribution is -2.58. The van der Waals surface area contributed by atoms with Crippen LogP contribution in [-0.4, -0.2) is 33.5 Å². The van der Waals surface area contributed by atoms with Gasteiger partial charge < -0.3 is 15.3 Å². The quantitative estimate of drug-likeness (QED) is 0.659. The first-order valence-corrected chi connectivity index (χ1v) is 11.7. The van der Waals surface area contributed by atoms with Crippen molar-refractivity contribution in [2.75, 3.05) is 0 Å². The number of fused-ring (bicyclic) bond motifs is 5. The molecule has 0 bridgehead atoms. The molecule has 0 aliphatic heterocycles. The third-order valence-corrected chi connectivity index (χ3v) is 10.2. The topological polar surface area (TPSA) is 77.8 Å². The van der Waals surface area contributed by atoms with Crippen LogP contribution in [0.4, 0.5) is 0 Å². The van der Waals surface area contributed by atoms with Crippen molar-refractivity contribution in [2.24, 2.45) is 46.3 Å². The summed E-state index contributed by atoms with van der Waals surface area (Å²) in [6.07, 6.45) is 9.19. The molecule has 0 amide bonds. The summed E-state index contributed by atoms with van der Waals surface area (Å²) >= 11 is 0. The normalized spacial score (nSPS) is 51.7. The largest absolute Gasteiger partial charge is 0.481 e. The lowest BCUT2D eigenvalue weighted by Gasteiger charge is -2.62. The SMILES string of the molecule is C[C@H](CCC(=O)O)[C@H]1CCC2[C@H]3C(CC[C@@]21C)[C@@]1(C)CC[C@@H](O)C[C@H]1C[C@@H]3O. The highest BCUT2D eigenvalue weighted by molar-refractivity contribution is 5.66. The number of carbonyl (C=O) groups is 1. The predicted octanol–water partition coefficient (Wildman–Crippen LogP) is 4.48. The third-order valence-electron chi connectivity index (χ3n) is 10.2. The highest BCUT2D eigenvalue weighted by Crippen LogP contribution is 2.68. The van der Waals surface area contributed by atoms with Gasteiger partial charge in [0.1, 0.15) is 0 Å². The van der Waals surface area contributed by atoms with Gasteiger partial charge in [-0.1, -0.05) is 20.8 Å². The molecule has 4 saturated carbocycles. The fourth-order valence-corrected chi connectivity index (χ4v) is 8.73. The van der Waals surface area contributed by atoms with E-state index >= 15 is 0 Å². The Hall–Kier alpha value is -0.610. The Morgan fingerprint density at radius 1 is 1.00 bits per heavy atom. The van der Waals surface area contributed by atoms with E-state index in [2.05, 4.69) is 20.8 Å². The Morgan fingerprint density at radius 2 is 1.68 bits per heavy atom. The Balaban J connectivity index is 1.55. The molecule has 0 aromatic carbocycles. The van der Waals surface area contributed by atoms with Crippen LogP contribution in [0.15, 0.2) is 0 Å². The monoisotopic (exact) mass is 392 g/mol. The zero-order chi connectivity index (χ0) is 20.3. The van der Waals surface area contributed by atoms with Crippen molar-refractivity contribution in [3.8, 4) is 0 Å². The number of hydrogen-bond acceptors (Lipinski definition) is 3. The molecule has 4 fully saturated rings. The molecular formula is C24H40O4. The van der Waals surface area contributed by atoms with Gasteiger partial charge in [0.15, 0.2) is 0 Å². The van der Waals surface area contributed by atoms with Crippen LogP contribution >= 0.6 is 0 Å². The number of aliphatic hydroxyl groups excluding tert-OH is 2. The van der Waals surface area contributed by atoms with Gasteiger partial charge in [0.05, 0.1) is 12.2 Å². The molecule has 160 valence electrons. The second-order valence-electron chi connectivity index (χ2n) is 11.4. The van der Waals surface area contributed by atoms with Crippen molar-refractivity contribution < 1.29 is 20.1 Å². The van der Waals surface area contributed by atoms with Gasteiger partial charge in [-0.25, -0.2) is 0 Å². The van der Waals surface area contributed by atoms with Gasteiger partial charge in [-0.3, -0.25) is 4.79 Å². The summed E-state index contributed by atoms with van der Waals surface area (Å²) in [5.74, 6) is 2.36. The molecular weight excluding hydrogens is 352 g/mol. The summed E-state index contributed by atoms with van der Waals surface area (Å²) in [6.45, 7) is 7.16. The minimum atomic E-state index is -0.684. The zero-order valence-electron chi connectivity index (χ0n) is 17.9. The van der Waals surface area contributed by atoms with Crippen molar-refractivity contribution in [1.29, 1.82) is 0 Å². The van der Waals surface area contributed by atoms with E-state index in [1.54, 1.807) is 0 Å². The second kappa shape index (κ2) is 7.27. The molecule has 4 heteroatoms. The molecule has 3 N–H and O–H groups in total.